The smallest absolute Gasteiger partial charge is 0.143 e. The summed E-state index contributed by atoms with van der Waals surface area (Å²) in [6, 6.07) is 19.6. The maximum atomic E-state index is 13.5. The lowest BCUT2D eigenvalue weighted by atomic mass is 10.3. The number of aryl methyl sites for hydroxylation is 1. The van der Waals surface area contributed by atoms with Gasteiger partial charge in [0, 0.05) is 5.30 Å². The monoisotopic (exact) mass is 310 g/mol. The minimum absolute atomic E-state index is 0.830. The van der Waals surface area contributed by atoms with Gasteiger partial charge in [0.2, 0.25) is 0 Å². The first kappa shape index (κ1) is 14.8. The van der Waals surface area contributed by atoms with Crippen molar-refractivity contribution < 1.29 is 4.57 Å². The molecule has 1 heterocycles. The Morgan fingerprint density at radius 2 is 1.45 bits per heavy atom. The molecule has 1 aromatic heterocycles. The lowest BCUT2D eigenvalue weighted by molar-refractivity contribution is 0.590. The second-order valence-electron chi connectivity index (χ2n) is 5.53. The van der Waals surface area contributed by atoms with Crippen LogP contribution in [-0.4, -0.2) is 16.4 Å². The van der Waals surface area contributed by atoms with Gasteiger partial charge in [-0.1, -0.05) is 48.5 Å². The van der Waals surface area contributed by atoms with Gasteiger partial charge in [0.25, 0.3) is 0 Å². The molecule has 0 fully saturated rings. The van der Waals surface area contributed by atoms with Gasteiger partial charge in [-0.15, -0.1) is 0 Å². The van der Waals surface area contributed by atoms with Crippen molar-refractivity contribution in [1.82, 2.24) is 9.78 Å². The van der Waals surface area contributed by atoms with E-state index in [2.05, 4.69) is 5.10 Å². The van der Waals surface area contributed by atoms with E-state index in [-0.39, 0.29) is 0 Å². The summed E-state index contributed by atoms with van der Waals surface area (Å²) in [5.74, 6) is 0. The highest BCUT2D eigenvalue weighted by Crippen LogP contribution is 2.41. The highest BCUT2D eigenvalue weighted by Gasteiger charge is 2.28. The minimum atomic E-state index is -2.66. The van der Waals surface area contributed by atoms with Gasteiger partial charge in [-0.2, -0.15) is 5.10 Å². The number of rotatable bonds is 3. The van der Waals surface area contributed by atoms with Crippen molar-refractivity contribution in [3.63, 3.8) is 0 Å². The second kappa shape index (κ2) is 5.58. The Morgan fingerprint density at radius 3 is 2.05 bits per heavy atom. The Balaban J connectivity index is 2.17. The van der Waals surface area contributed by atoms with Crippen LogP contribution in [-0.2, 0) is 4.57 Å². The summed E-state index contributed by atoms with van der Waals surface area (Å²) >= 11 is 0. The molecule has 3 rings (SSSR count). The SMILES string of the molecule is Cc1nn(-c2ccccc2)c(C)c1P(C)(=O)c1ccccc1. The number of nitrogens with zero attached hydrogens (tertiary/aromatic N) is 2. The fourth-order valence-corrected chi connectivity index (χ4v) is 5.29. The number of hydrogen-bond donors (Lipinski definition) is 0. The predicted molar refractivity (Wildman–Crippen MR) is 92.3 cm³/mol. The first-order valence-corrected chi connectivity index (χ1v) is 9.42. The Hall–Kier alpha value is -2.12. The summed E-state index contributed by atoms with van der Waals surface area (Å²) in [6.07, 6.45) is 0. The summed E-state index contributed by atoms with van der Waals surface area (Å²) in [6.45, 7) is 5.75. The van der Waals surface area contributed by atoms with E-state index < -0.39 is 7.14 Å². The molecule has 0 radical (unpaired) electrons. The van der Waals surface area contributed by atoms with Gasteiger partial charge in [-0.3, -0.25) is 0 Å². The Labute approximate surface area is 131 Å². The Bertz CT molecular complexity index is 838. The highest BCUT2D eigenvalue weighted by atomic mass is 31.2. The quantitative estimate of drug-likeness (QED) is 0.695. The summed E-state index contributed by atoms with van der Waals surface area (Å²) < 4.78 is 15.3. The van der Waals surface area contributed by atoms with Crippen molar-refractivity contribution in [1.29, 1.82) is 0 Å². The summed E-state index contributed by atoms with van der Waals surface area (Å²) in [5.41, 5.74) is 2.76. The Kier molecular flexibility index (Phi) is 3.76. The average Bonchev–Trinajstić information content (AvgIpc) is 2.84. The van der Waals surface area contributed by atoms with Crippen LogP contribution >= 0.6 is 7.14 Å². The van der Waals surface area contributed by atoms with E-state index >= 15 is 0 Å². The van der Waals surface area contributed by atoms with Gasteiger partial charge >= 0.3 is 0 Å². The number of para-hydroxylation sites is 1. The molecular weight excluding hydrogens is 291 g/mol. The molecule has 0 aliphatic carbocycles. The fourth-order valence-electron chi connectivity index (χ4n) is 2.91. The summed E-state index contributed by atoms with van der Waals surface area (Å²) in [4.78, 5) is 0. The maximum absolute atomic E-state index is 13.5. The molecule has 112 valence electrons. The summed E-state index contributed by atoms with van der Waals surface area (Å²) in [5, 5.41) is 6.35. The van der Waals surface area contributed by atoms with Crippen molar-refractivity contribution >= 4 is 17.8 Å². The zero-order chi connectivity index (χ0) is 15.7. The van der Waals surface area contributed by atoms with Crippen LogP contribution in [0.25, 0.3) is 5.69 Å². The number of aromatic nitrogens is 2. The van der Waals surface area contributed by atoms with Crippen LogP contribution in [0.5, 0.6) is 0 Å². The van der Waals surface area contributed by atoms with Gasteiger partial charge in [-0.05, 0) is 32.6 Å². The molecule has 3 nitrogen and oxygen atoms in total. The minimum Gasteiger partial charge on any atom is -0.314 e. The van der Waals surface area contributed by atoms with Crippen molar-refractivity contribution in [2.24, 2.45) is 0 Å². The molecule has 0 N–H and O–H groups in total. The lowest BCUT2D eigenvalue weighted by Crippen LogP contribution is -2.18. The van der Waals surface area contributed by atoms with Crippen molar-refractivity contribution in [2.75, 3.05) is 6.66 Å². The third-order valence-electron chi connectivity index (χ3n) is 3.93. The fraction of sp³-hybridized carbons (Fsp3) is 0.167. The van der Waals surface area contributed by atoms with Crippen LogP contribution in [0.15, 0.2) is 60.7 Å². The van der Waals surface area contributed by atoms with Crippen molar-refractivity contribution in [3.8, 4) is 5.69 Å². The third-order valence-corrected chi connectivity index (χ3v) is 6.71. The second-order valence-corrected chi connectivity index (χ2v) is 8.34. The molecule has 2 aromatic carbocycles. The molecule has 1 atom stereocenters. The van der Waals surface area contributed by atoms with Crippen molar-refractivity contribution in [2.45, 2.75) is 13.8 Å². The molecule has 0 bridgehead atoms. The average molecular weight is 310 g/mol. The van der Waals surface area contributed by atoms with Crippen LogP contribution in [0, 0.1) is 13.8 Å². The van der Waals surface area contributed by atoms with E-state index in [0.29, 0.717) is 0 Å². The van der Waals surface area contributed by atoms with E-state index in [0.717, 1.165) is 27.7 Å². The van der Waals surface area contributed by atoms with Crippen LogP contribution < -0.4 is 10.6 Å². The molecule has 0 saturated heterocycles. The van der Waals surface area contributed by atoms with E-state index in [4.69, 9.17) is 0 Å². The highest BCUT2D eigenvalue weighted by molar-refractivity contribution is 7.78. The zero-order valence-corrected chi connectivity index (χ0v) is 13.9. The molecule has 22 heavy (non-hydrogen) atoms. The third kappa shape index (κ3) is 2.42. The number of benzene rings is 2. The molecule has 0 amide bonds. The largest absolute Gasteiger partial charge is 0.314 e. The zero-order valence-electron chi connectivity index (χ0n) is 13.0. The predicted octanol–water partition coefficient (Wildman–Crippen LogP) is 3.43. The van der Waals surface area contributed by atoms with Crippen LogP contribution in [0.1, 0.15) is 11.4 Å². The molecule has 0 spiro atoms. The molecule has 4 heteroatoms. The molecule has 0 saturated carbocycles. The molecular formula is C18H19N2OP. The molecule has 1 unspecified atom stereocenters. The van der Waals surface area contributed by atoms with Crippen LogP contribution in [0.3, 0.4) is 0 Å². The van der Waals surface area contributed by atoms with E-state index in [1.807, 2.05) is 85.9 Å². The lowest BCUT2D eigenvalue weighted by Gasteiger charge is -2.14. The summed E-state index contributed by atoms with van der Waals surface area (Å²) in [7, 11) is -2.66. The van der Waals surface area contributed by atoms with E-state index in [1.54, 1.807) is 0 Å². The standard InChI is InChI=1S/C18H19N2OP/c1-14-18(22(3,21)17-12-8-5-9-13-17)15(2)20(19-14)16-10-6-4-7-11-16/h4-13H,1-3H3. The Morgan fingerprint density at radius 1 is 0.909 bits per heavy atom. The molecule has 0 aliphatic heterocycles. The van der Waals surface area contributed by atoms with E-state index in [9.17, 15) is 4.57 Å². The van der Waals surface area contributed by atoms with Gasteiger partial charge in [-0.25, -0.2) is 4.68 Å². The van der Waals surface area contributed by atoms with Gasteiger partial charge in [0.05, 0.1) is 22.4 Å². The first-order chi connectivity index (χ1) is 10.5. The van der Waals surface area contributed by atoms with Crippen LogP contribution in [0.4, 0.5) is 0 Å². The topological polar surface area (TPSA) is 34.9 Å². The normalized spacial score (nSPS) is 13.8. The van der Waals surface area contributed by atoms with E-state index in [1.165, 1.54) is 0 Å². The van der Waals surface area contributed by atoms with Crippen LogP contribution in [0.2, 0.25) is 0 Å². The molecule has 3 aromatic rings. The number of hydrogen-bond acceptors (Lipinski definition) is 2. The van der Waals surface area contributed by atoms with Gasteiger partial charge in [0.15, 0.2) is 0 Å². The van der Waals surface area contributed by atoms with Gasteiger partial charge < -0.3 is 4.57 Å². The first-order valence-electron chi connectivity index (χ1n) is 7.27. The molecule has 0 aliphatic rings. The van der Waals surface area contributed by atoms with Gasteiger partial charge in [0.1, 0.15) is 7.14 Å². The van der Waals surface area contributed by atoms with Crippen molar-refractivity contribution in [3.05, 3.63) is 72.1 Å². The maximum Gasteiger partial charge on any atom is 0.143 e.